The minimum atomic E-state index is -0.284. The Hall–Kier alpha value is -0.770. The molecule has 1 aromatic rings. The SMILES string of the molecule is COC(=O)C1NC1c1ccc(Cl)cc1Cl. The Kier molecular flexibility index (Phi) is 2.87. The summed E-state index contributed by atoms with van der Waals surface area (Å²) in [6.45, 7) is 0. The van der Waals surface area contributed by atoms with E-state index in [9.17, 15) is 4.79 Å². The summed E-state index contributed by atoms with van der Waals surface area (Å²) in [5, 5.41) is 4.14. The van der Waals surface area contributed by atoms with Crippen LogP contribution in [0.3, 0.4) is 0 Å². The minimum absolute atomic E-state index is 0.0535. The zero-order valence-electron chi connectivity index (χ0n) is 7.96. The van der Waals surface area contributed by atoms with Crippen molar-refractivity contribution in [3.8, 4) is 0 Å². The Morgan fingerprint density at radius 3 is 2.80 bits per heavy atom. The second-order valence-corrected chi connectivity index (χ2v) is 4.15. The van der Waals surface area contributed by atoms with Gasteiger partial charge >= 0.3 is 5.97 Å². The molecule has 3 nitrogen and oxygen atoms in total. The van der Waals surface area contributed by atoms with Crippen molar-refractivity contribution in [2.45, 2.75) is 12.1 Å². The third-order valence-corrected chi connectivity index (χ3v) is 2.90. The van der Waals surface area contributed by atoms with Crippen LogP contribution < -0.4 is 5.32 Å². The molecule has 0 spiro atoms. The predicted octanol–water partition coefficient (Wildman–Crippen LogP) is 2.18. The van der Waals surface area contributed by atoms with Gasteiger partial charge < -0.3 is 4.74 Å². The first-order valence-electron chi connectivity index (χ1n) is 4.42. The van der Waals surface area contributed by atoms with Gasteiger partial charge in [0.05, 0.1) is 13.2 Å². The van der Waals surface area contributed by atoms with Crippen LogP contribution >= 0.6 is 23.2 Å². The molecule has 1 aliphatic heterocycles. The van der Waals surface area contributed by atoms with E-state index >= 15 is 0 Å². The van der Waals surface area contributed by atoms with Crippen LogP contribution in [0.15, 0.2) is 18.2 Å². The molecule has 1 aliphatic rings. The number of hydrogen-bond donors (Lipinski definition) is 1. The Labute approximate surface area is 97.3 Å². The van der Waals surface area contributed by atoms with Crippen LogP contribution in [0, 0.1) is 0 Å². The highest BCUT2D eigenvalue weighted by Crippen LogP contribution is 2.36. The van der Waals surface area contributed by atoms with E-state index in [1.165, 1.54) is 7.11 Å². The van der Waals surface area contributed by atoms with Crippen LogP contribution in [-0.4, -0.2) is 19.1 Å². The van der Waals surface area contributed by atoms with Gasteiger partial charge in [0.1, 0.15) is 6.04 Å². The molecule has 1 saturated heterocycles. The van der Waals surface area contributed by atoms with E-state index in [0.29, 0.717) is 10.0 Å². The van der Waals surface area contributed by atoms with E-state index in [0.717, 1.165) is 5.56 Å². The van der Waals surface area contributed by atoms with Crippen molar-refractivity contribution >= 4 is 29.2 Å². The summed E-state index contributed by atoms with van der Waals surface area (Å²) in [7, 11) is 1.36. The Morgan fingerprint density at radius 2 is 2.20 bits per heavy atom. The van der Waals surface area contributed by atoms with Crippen molar-refractivity contribution < 1.29 is 9.53 Å². The monoisotopic (exact) mass is 245 g/mol. The lowest BCUT2D eigenvalue weighted by molar-refractivity contribution is -0.140. The highest BCUT2D eigenvalue weighted by atomic mass is 35.5. The molecule has 0 aliphatic carbocycles. The van der Waals surface area contributed by atoms with Gasteiger partial charge in [-0.05, 0) is 17.7 Å². The number of esters is 1. The highest BCUT2D eigenvalue weighted by Gasteiger charge is 2.45. The number of carbonyl (C=O) groups is 1. The number of nitrogens with one attached hydrogen (secondary N) is 1. The molecule has 80 valence electrons. The summed E-state index contributed by atoms with van der Waals surface area (Å²) in [6, 6.07) is 4.88. The summed E-state index contributed by atoms with van der Waals surface area (Å²) >= 11 is 11.8. The predicted molar refractivity (Wildman–Crippen MR) is 58.1 cm³/mol. The lowest BCUT2D eigenvalue weighted by Gasteiger charge is -2.01. The molecule has 15 heavy (non-hydrogen) atoms. The number of rotatable bonds is 2. The first-order valence-corrected chi connectivity index (χ1v) is 5.18. The average molecular weight is 246 g/mol. The summed E-state index contributed by atoms with van der Waals surface area (Å²) in [5.74, 6) is -0.272. The summed E-state index contributed by atoms with van der Waals surface area (Å²) < 4.78 is 4.62. The van der Waals surface area contributed by atoms with E-state index in [2.05, 4.69) is 10.1 Å². The molecule has 5 heteroatoms. The molecule has 0 aromatic heterocycles. The zero-order valence-corrected chi connectivity index (χ0v) is 9.47. The fourth-order valence-electron chi connectivity index (χ4n) is 1.49. The molecule has 0 saturated carbocycles. The largest absolute Gasteiger partial charge is 0.468 e. The standard InChI is InChI=1S/C10H9Cl2NO2/c1-15-10(14)9-8(13-9)6-3-2-5(11)4-7(6)12/h2-4,8-9,13H,1H3. The molecule has 1 aromatic carbocycles. The normalized spacial score (nSPS) is 23.7. The summed E-state index contributed by atoms with van der Waals surface area (Å²) in [4.78, 5) is 11.2. The maximum absolute atomic E-state index is 11.2. The first kappa shape index (κ1) is 10.7. The molecule has 0 bridgehead atoms. The van der Waals surface area contributed by atoms with Crippen molar-refractivity contribution in [2.75, 3.05) is 7.11 Å². The lowest BCUT2D eigenvalue weighted by atomic mass is 10.1. The van der Waals surface area contributed by atoms with Crippen LogP contribution in [0.5, 0.6) is 0 Å². The molecule has 0 radical (unpaired) electrons. The Balaban J connectivity index is 2.16. The fraction of sp³-hybridized carbons (Fsp3) is 0.300. The van der Waals surface area contributed by atoms with Gasteiger partial charge in [-0.15, -0.1) is 0 Å². The van der Waals surface area contributed by atoms with Crippen LogP contribution in [0.1, 0.15) is 11.6 Å². The van der Waals surface area contributed by atoms with E-state index in [-0.39, 0.29) is 18.1 Å². The van der Waals surface area contributed by atoms with Crippen molar-refractivity contribution in [3.05, 3.63) is 33.8 Å². The van der Waals surface area contributed by atoms with E-state index in [1.807, 2.05) is 6.07 Å². The topological polar surface area (TPSA) is 48.2 Å². The minimum Gasteiger partial charge on any atom is -0.468 e. The van der Waals surface area contributed by atoms with Crippen LogP contribution in [-0.2, 0) is 9.53 Å². The maximum Gasteiger partial charge on any atom is 0.324 e. The van der Waals surface area contributed by atoms with Crippen LogP contribution in [0.25, 0.3) is 0 Å². The van der Waals surface area contributed by atoms with Gasteiger partial charge in [-0.25, -0.2) is 0 Å². The maximum atomic E-state index is 11.2. The Morgan fingerprint density at radius 1 is 1.47 bits per heavy atom. The van der Waals surface area contributed by atoms with Gasteiger partial charge in [-0.3, -0.25) is 10.1 Å². The number of ether oxygens (including phenoxy) is 1. The molecule has 2 unspecified atom stereocenters. The van der Waals surface area contributed by atoms with Crippen molar-refractivity contribution in [3.63, 3.8) is 0 Å². The Bertz CT molecular complexity index is 408. The fourth-order valence-corrected chi connectivity index (χ4v) is 2.02. The number of benzene rings is 1. The molecule has 0 amide bonds. The average Bonchev–Trinajstić information content (AvgIpc) is 2.96. The first-order chi connectivity index (χ1) is 7.13. The number of hydrogen-bond acceptors (Lipinski definition) is 3. The molecule has 1 heterocycles. The van der Waals surface area contributed by atoms with Crippen molar-refractivity contribution in [1.29, 1.82) is 0 Å². The van der Waals surface area contributed by atoms with Gasteiger partial charge in [0.25, 0.3) is 0 Å². The molecule has 1 fully saturated rings. The number of methoxy groups -OCH3 is 1. The second kappa shape index (κ2) is 4.00. The number of carbonyl (C=O) groups excluding carboxylic acids is 1. The quantitative estimate of drug-likeness (QED) is 0.642. The van der Waals surface area contributed by atoms with Gasteiger partial charge in [0, 0.05) is 10.0 Å². The molecule has 2 atom stereocenters. The highest BCUT2D eigenvalue weighted by molar-refractivity contribution is 6.35. The van der Waals surface area contributed by atoms with Gasteiger partial charge in [-0.2, -0.15) is 0 Å². The van der Waals surface area contributed by atoms with Gasteiger partial charge in [-0.1, -0.05) is 29.3 Å². The zero-order chi connectivity index (χ0) is 11.0. The lowest BCUT2D eigenvalue weighted by Crippen LogP contribution is -2.11. The number of halogens is 2. The molecular formula is C10H9Cl2NO2. The smallest absolute Gasteiger partial charge is 0.324 e. The van der Waals surface area contributed by atoms with Crippen LogP contribution in [0.2, 0.25) is 10.0 Å². The van der Waals surface area contributed by atoms with Gasteiger partial charge in [0.15, 0.2) is 0 Å². The van der Waals surface area contributed by atoms with Crippen molar-refractivity contribution in [2.24, 2.45) is 0 Å². The van der Waals surface area contributed by atoms with E-state index in [1.54, 1.807) is 12.1 Å². The third kappa shape index (κ3) is 2.09. The summed E-state index contributed by atoms with van der Waals surface area (Å²) in [6.07, 6.45) is 0. The van der Waals surface area contributed by atoms with E-state index < -0.39 is 0 Å². The van der Waals surface area contributed by atoms with Crippen LogP contribution in [0.4, 0.5) is 0 Å². The third-order valence-electron chi connectivity index (χ3n) is 2.34. The van der Waals surface area contributed by atoms with Crippen molar-refractivity contribution in [1.82, 2.24) is 5.32 Å². The molecule has 2 rings (SSSR count). The molecular weight excluding hydrogens is 237 g/mol. The molecule has 1 N–H and O–H groups in total. The van der Waals surface area contributed by atoms with E-state index in [4.69, 9.17) is 23.2 Å². The second-order valence-electron chi connectivity index (χ2n) is 3.31. The summed E-state index contributed by atoms with van der Waals surface area (Å²) in [5.41, 5.74) is 0.872. The van der Waals surface area contributed by atoms with Gasteiger partial charge in [0.2, 0.25) is 0 Å².